The summed E-state index contributed by atoms with van der Waals surface area (Å²) in [7, 11) is 1.62. The molecule has 0 bridgehead atoms. The number of benzene rings is 2. The van der Waals surface area contributed by atoms with Gasteiger partial charge in [0.25, 0.3) is 5.91 Å². The fourth-order valence-corrected chi connectivity index (χ4v) is 3.41. The maximum Gasteiger partial charge on any atom is 0.251 e. The van der Waals surface area contributed by atoms with Gasteiger partial charge in [0.1, 0.15) is 5.75 Å². The quantitative estimate of drug-likeness (QED) is 0.807. The molecule has 1 fully saturated rings. The van der Waals surface area contributed by atoms with Crippen molar-refractivity contribution in [3.05, 3.63) is 59.7 Å². The predicted molar refractivity (Wildman–Crippen MR) is 106 cm³/mol. The Bertz CT molecular complexity index is 798. The van der Waals surface area contributed by atoms with E-state index in [1.54, 1.807) is 25.3 Å². The molecule has 0 unspecified atom stereocenters. The number of nitrogens with one attached hydrogen (secondary N) is 2. The highest BCUT2D eigenvalue weighted by Crippen LogP contribution is 2.25. The van der Waals surface area contributed by atoms with Crippen molar-refractivity contribution in [2.75, 3.05) is 12.4 Å². The van der Waals surface area contributed by atoms with Gasteiger partial charge in [0, 0.05) is 23.7 Å². The second-order valence-corrected chi connectivity index (χ2v) is 6.94. The van der Waals surface area contributed by atoms with E-state index in [-0.39, 0.29) is 17.7 Å². The zero-order chi connectivity index (χ0) is 19.1. The Balaban J connectivity index is 1.58. The average molecular weight is 366 g/mol. The molecule has 5 heteroatoms. The number of anilines is 1. The van der Waals surface area contributed by atoms with Gasteiger partial charge in [0.05, 0.1) is 7.11 Å². The number of carbonyl (C=O) groups excluding carboxylic acids is 2. The standard InChI is InChI=1S/C22H26N2O3/c1-27-20-12-5-7-16(13-20)15-23-21(25)18-10-6-11-19(14-18)24-22(26)17-8-3-2-4-9-17/h5-7,10-14,17H,2-4,8-9,15H2,1H3,(H,23,25)(H,24,26). The molecular weight excluding hydrogens is 340 g/mol. The maximum absolute atomic E-state index is 12.5. The molecule has 142 valence electrons. The summed E-state index contributed by atoms with van der Waals surface area (Å²) < 4.78 is 5.20. The van der Waals surface area contributed by atoms with Crippen molar-refractivity contribution in [1.29, 1.82) is 0 Å². The lowest BCUT2D eigenvalue weighted by atomic mass is 9.88. The van der Waals surface area contributed by atoms with E-state index < -0.39 is 0 Å². The number of hydrogen-bond acceptors (Lipinski definition) is 3. The van der Waals surface area contributed by atoms with Crippen molar-refractivity contribution in [2.24, 2.45) is 5.92 Å². The van der Waals surface area contributed by atoms with Crippen LogP contribution in [0.25, 0.3) is 0 Å². The second-order valence-electron chi connectivity index (χ2n) is 6.94. The summed E-state index contributed by atoms with van der Waals surface area (Å²) in [5, 5.41) is 5.86. The molecule has 1 saturated carbocycles. The molecule has 0 aromatic heterocycles. The molecule has 27 heavy (non-hydrogen) atoms. The first-order valence-electron chi connectivity index (χ1n) is 9.48. The minimum atomic E-state index is -0.174. The van der Waals surface area contributed by atoms with Gasteiger partial charge in [-0.2, -0.15) is 0 Å². The van der Waals surface area contributed by atoms with Crippen molar-refractivity contribution >= 4 is 17.5 Å². The molecular formula is C22H26N2O3. The molecule has 0 saturated heterocycles. The van der Waals surface area contributed by atoms with Gasteiger partial charge in [-0.3, -0.25) is 9.59 Å². The summed E-state index contributed by atoms with van der Waals surface area (Å²) in [4.78, 5) is 24.9. The van der Waals surface area contributed by atoms with E-state index in [9.17, 15) is 9.59 Å². The third kappa shape index (κ3) is 5.33. The highest BCUT2D eigenvalue weighted by molar-refractivity contribution is 5.97. The van der Waals surface area contributed by atoms with E-state index in [4.69, 9.17) is 4.74 Å². The Labute approximate surface area is 160 Å². The largest absolute Gasteiger partial charge is 0.497 e. The zero-order valence-electron chi connectivity index (χ0n) is 15.7. The van der Waals surface area contributed by atoms with E-state index in [2.05, 4.69) is 10.6 Å². The Morgan fingerprint density at radius 1 is 1.04 bits per heavy atom. The summed E-state index contributed by atoms with van der Waals surface area (Å²) in [6.07, 6.45) is 5.35. The van der Waals surface area contributed by atoms with Crippen LogP contribution in [0.2, 0.25) is 0 Å². The van der Waals surface area contributed by atoms with Crippen molar-refractivity contribution in [1.82, 2.24) is 5.32 Å². The third-order valence-corrected chi connectivity index (χ3v) is 4.96. The highest BCUT2D eigenvalue weighted by atomic mass is 16.5. The molecule has 0 atom stereocenters. The Morgan fingerprint density at radius 3 is 2.59 bits per heavy atom. The molecule has 3 rings (SSSR count). The first-order chi connectivity index (χ1) is 13.2. The zero-order valence-corrected chi connectivity index (χ0v) is 15.7. The predicted octanol–water partition coefficient (Wildman–Crippen LogP) is 4.14. The average Bonchev–Trinajstić information content (AvgIpc) is 2.73. The van der Waals surface area contributed by atoms with E-state index >= 15 is 0 Å². The fraction of sp³-hybridized carbons (Fsp3) is 0.364. The molecule has 2 aromatic rings. The van der Waals surface area contributed by atoms with Crippen LogP contribution in [0, 0.1) is 5.92 Å². The lowest BCUT2D eigenvalue weighted by Crippen LogP contribution is -2.25. The van der Waals surface area contributed by atoms with Crippen LogP contribution in [0.3, 0.4) is 0 Å². The maximum atomic E-state index is 12.5. The molecule has 0 heterocycles. The molecule has 2 aromatic carbocycles. The van der Waals surface area contributed by atoms with Crippen molar-refractivity contribution in [3.63, 3.8) is 0 Å². The number of hydrogen-bond donors (Lipinski definition) is 2. The van der Waals surface area contributed by atoms with Gasteiger partial charge >= 0.3 is 0 Å². The molecule has 1 aliphatic carbocycles. The molecule has 2 N–H and O–H groups in total. The van der Waals surface area contributed by atoms with E-state index in [1.165, 1.54) is 6.42 Å². The van der Waals surface area contributed by atoms with Crippen LogP contribution in [0.4, 0.5) is 5.69 Å². The van der Waals surface area contributed by atoms with Gasteiger partial charge in [-0.1, -0.05) is 37.5 Å². The van der Waals surface area contributed by atoms with Crippen LogP contribution in [-0.2, 0) is 11.3 Å². The van der Waals surface area contributed by atoms with Gasteiger partial charge in [-0.25, -0.2) is 0 Å². The van der Waals surface area contributed by atoms with Gasteiger partial charge < -0.3 is 15.4 Å². The lowest BCUT2D eigenvalue weighted by molar-refractivity contribution is -0.120. The Morgan fingerprint density at radius 2 is 1.81 bits per heavy atom. The Hall–Kier alpha value is -2.82. The van der Waals surface area contributed by atoms with Crippen LogP contribution in [0.15, 0.2) is 48.5 Å². The minimum Gasteiger partial charge on any atom is -0.497 e. The van der Waals surface area contributed by atoms with E-state index in [1.807, 2.05) is 30.3 Å². The normalized spacial score (nSPS) is 14.4. The first-order valence-corrected chi connectivity index (χ1v) is 9.48. The molecule has 0 spiro atoms. The minimum absolute atomic E-state index is 0.0589. The van der Waals surface area contributed by atoms with Gasteiger partial charge in [0.2, 0.25) is 5.91 Å². The van der Waals surface area contributed by atoms with Gasteiger partial charge in [0.15, 0.2) is 0 Å². The van der Waals surface area contributed by atoms with Gasteiger partial charge in [-0.05, 0) is 48.7 Å². The molecule has 5 nitrogen and oxygen atoms in total. The van der Waals surface area contributed by atoms with E-state index in [0.29, 0.717) is 17.8 Å². The first kappa shape index (κ1) is 19.0. The van der Waals surface area contributed by atoms with Crippen LogP contribution in [0.1, 0.15) is 48.0 Å². The second kappa shape index (κ2) is 9.21. The Kier molecular flexibility index (Phi) is 6.47. The van der Waals surface area contributed by atoms with Crippen molar-refractivity contribution in [3.8, 4) is 5.75 Å². The SMILES string of the molecule is COc1cccc(CNC(=O)c2cccc(NC(=O)C3CCCCC3)c2)c1. The summed E-state index contributed by atoms with van der Waals surface area (Å²) >= 11 is 0. The van der Waals surface area contributed by atoms with Crippen LogP contribution >= 0.6 is 0 Å². The number of methoxy groups -OCH3 is 1. The number of carbonyl (C=O) groups is 2. The fourth-order valence-electron chi connectivity index (χ4n) is 3.41. The van der Waals surface area contributed by atoms with Crippen LogP contribution in [0.5, 0.6) is 5.75 Å². The summed E-state index contributed by atoms with van der Waals surface area (Å²) in [6.45, 7) is 0.411. The number of ether oxygens (including phenoxy) is 1. The van der Waals surface area contributed by atoms with Gasteiger partial charge in [-0.15, -0.1) is 0 Å². The molecule has 0 aliphatic heterocycles. The smallest absolute Gasteiger partial charge is 0.251 e. The summed E-state index contributed by atoms with van der Waals surface area (Å²) in [5.41, 5.74) is 2.16. The molecule has 2 amide bonds. The molecule has 0 radical (unpaired) electrons. The van der Waals surface area contributed by atoms with Crippen molar-refractivity contribution < 1.29 is 14.3 Å². The summed E-state index contributed by atoms with van der Waals surface area (Å²) in [5.74, 6) is 0.730. The summed E-state index contributed by atoms with van der Waals surface area (Å²) in [6, 6.07) is 14.7. The van der Waals surface area contributed by atoms with Crippen LogP contribution in [-0.4, -0.2) is 18.9 Å². The lowest BCUT2D eigenvalue weighted by Gasteiger charge is -2.20. The topological polar surface area (TPSA) is 67.4 Å². The van der Waals surface area contributed by atoms with Crippen molar-refractivity contribution in [2.45, 2.75) is 38.6 Å². The number of rotatable bonds is 6. The monoisotopic (exact) mass is 366 g/mol. The molecule has 1 aliphatic rings. The van der Waals surface area contributed by atoms with Crippen LogP contribution < -0.4 is 15.4 Å². The number of amides is 2. The van der Waals surface area contributed by atoms with E-state index in [0.717, 1.165) is 37.0 Å². The third-order valence-electron chi connectivity index (χ3n) is 4.96. The highest BCUT2D eigenvalue weighted by Gasteiger charge is 2.21.